The summed E-state index contributed by atoms with van der Waals surface area (Å²) >= 11 is 1.17. The smallest absolute Gasteiger partial charge is 0.345 e. The molecule has 0 saturated heterocycles. The predicted octanol–water partition coefficient (Wildman–Crippen LogP) is 1.86. The number of carboxylic acids is 1. The van der Waals surface area contributed by atoms with Crippen LogP contribution in [0.3, 0.4) is 0 Å². The maximum Gasteiger partial charge on any atom is 0.345 e. The Morgan fingerprint density at radius 2 is 2.50 bits per heavy atom. The Morgan fingerprint density at radius 1 is 1.72 bits per heavy atom. The molecule has 2 aromatic rings. The van der Waals surface area contributed by atoms with Crippen molar-refractivity contribution in [1.29, 1.82) is 5.26 Å². The van der Waals surface area contributed by atoms with Gasteiger partial charge >= 0.3 is 5.97 Å². The van der Waals surface area contributed by atoms with Gasteiger partial charge in [-0.15, -0.1) is 11.3 Å². The quantitative estimate of drug-likeness (QED) is 0.891. The molecule has 0 saturated carbocycles. The molecule has 0 aliphatic carbocycles. The number of hydrogen-bond donors (Lipinski definition) is 1. The van der Waals surface area contributed by atoms with E-state index in [9.17, 15) is 4.79 Å². The fourth-order valence-electron chi connectivity index (χ4n) is 1.68. The molecule has 0 atom stereocenters. The summed E-state index contributed by atoms with van der Waals surface area (Å²) in [4.78, 5) is 12.0. The third-order valence-corrected chi connectivity index (χ3v) is 3.56. The number of methoxy groups -OCH3 is 1. The van der Waals surface area contributed by atoms with Crippen LogP contribution in [0.15, 0.2) is 6.07 Å². The van der Waals surface area contributed by atoms with Gasteiger partial charge in [0.15, 0.2) is 0 Å². The Morgan fingerprint density at radius 3 is 3.11 bits per heavy atom. The van der Waals surface area contributed by atoms with Gasteiger partial charge in [0.05, 0.1) is 31.3 Å². The number of nitriles is 1. The fraction of sp³-hybridized carbons (Fsp3) is 0.364. The molecule has 0 unspecified atom stereocenters. The van der Waals surface area contributed by atoms with E-state index in [4.69, 9.17) is 15.1 Å². The minimum absolute atomic E-state index is 0.269. The average molecular weight is 265 g/mol. The zero-order chi connectivity index (χ0) is 13.1. The van der Waals surface area contributed by atoms with Crippen LogP contribution in [0.1, 0.15) is 21.8 Å². The second-order valence-electron chi connectivity index (χ2n) is 3.65. The molecular formula is C11H11N3O3S. The molecule has 0 spiro atoms. The van der Waals surface area contributed by atoms with Crippen LogP contribution in [-0.2, 0) is 17.9 Å². The van der Waals surface area contributed by atoms with Crippen molar-refractivity contribution < 1.29 is 14.6 Å². The molecule has 0 radical (unpaired) electrons. The number of carboxylic acid groups (broad SMARTS) is 1. The summed E-state index contributed by atoms with van der Waals surface area (Å²) in [6.07, 6.45) is 0.337. The van der Waals surface area contributed by atoms with Gasteiger partial charge in [-0.25, -0.2) is 4.79 Å². The number of fused-ring (bicyclic) bond motifs is 1. The van der Waals surface area contributed by atoms with Gasteiger partial charge in [-0.1, -0.05) is 0 Å². The first kappa shape index (κ1) is 12.5. The maximum atomic E-state index is 11.0. The second-order valence-corrected chi connectivity index (χ2v) is 4.68. The Labute approximate surface area is 107 Å². The average Bonchev–Trinajstić information content (AvgIpc) is 2.88. The number of thiophene rings is 1. The van der Waals surface area contributed by atoms with E-state index < -0.39 is 5.97 Å². The Kier molecular flexibility index (Phi) is 3.60. The zero-order valence-electron chi connectivity index (χ0n) is 9.71. The van der Waals surface area contributed by atoms with Gasteiger partial charge in [-0.2, -0.15) is 10.4 Å². The van der Waals surface area contributed by atoms with Crippen molar-refractivity contribution in [3.8, 4) is 6.07 Å². The van der Waals surface area contributed by atoms with Gasteiger partial charge in [-0.05, 0) is 6.07 Å². The number of rotatable bonds is 5. The molecular weight excluding hydrogens is 254 g/mol. The van der Waals surface area contributed by atoms with Crippen LogP contribution in [0, 0.1) is 11.3 Å². The third kappa shape index (κ3) is 2.20. The topological polar surface area (TPSA) is 88.1 Å². The Bertz CT molecular complexity index is 623. The summed E-state index contributed by atoms with van der Waals surface area (Å²) in [6.45, 7) is 0.780. The van der Waals surface area contributed by atoms with Crippen LogP contribution in [0.25, 0.3) is 10.2 Å². The molecule has 0 amide bonds. The molecule has 0 aromatic carbocycles. The first-order valence-corrected chi connectivity index (χ1v) is 6.07. The van der Waals surface area contributed by atoms with Gasteiger partial charge in [0.2, 0.25) is 0 Å². The highest BCUT2D eigenvalue weighted by Crippen LogP contribution is 2.29. The molecule has 7 heteroatoms. The van der Waals surface area contributed by atoms with E-state index in [2.05, 4.69) is 5.10 Å². The molecule has 1 N–H and O–H groups in total. The van der Waals surface area contributed by atoms with Crippen molar-refractivity contribution in [3.05, 3.63) is 16.6 Å². The summed E-state index contributed by atoms with van der Waals surface area (Å²) < 4.78 is 6.71. The molecule has 0 aliphatic rings. The van der Waals surface area contributed by atoms with E-state index in [0.29, 0.717) is 25.3 Å². The van der Waals surface area contributed by atoms with E-state index in [-0.39, 0.29) is 4.88 Å². The summed E-state index contributed by atoms with van der Waals surface area (Å²) in [5.74, 6) is -0.952. The van der Waals surface area contributed by atoms with Gasteiger partial charge < -0.3 is 9.84 Å². The molecule has 2 rings (SSSR count). The molecule has 6 nitrogen and oxygen atoms in total. The van der Waals surface area contributed by atoms with Crippen molar-refractivity contribution in [1.82, 2.24) is 9.78 Å². The van der Waals surface area contributed by atoms with Crippen LogP contribution in [-0.4, -0.2) is 28.0 Å². The molecule has 2 heterocycles. The number of nitrogens with zero attached hydrogens (tertiary/aromatic N) is 3. The van der Waals surface area contributed by atoms with Crippen molar-refractivity contribution in [2.75, 3.05) is 7.11 Å². The molecule has 94 valence electrons. The lowest BCUT2D eigenvalue weighted by atomic mass is 10.3. The molecule has 2 aromatic heterocycles. The maximum absolute atomic E-state index is 11.0. The largest absolute Gasteiger partial charge is 0.477 e. The van der Waals surface area contributed by atoms with Crippen LogP contribution < -0.4 is 0 Å². The van der Waals surface area contributed by atoms with Crippen molar-refractivity contribution in [2.24, 2.45) is 0 Å². The van der Waals surface area contributed by atoms with E-state index in [1.807, 2.05) is 6.07 Å². The standard InChI is InChI=1S/C11H11N3O3S/c1-17-6-8-7-5-9(11(15)16)18-10(7)14(13-8)4-2-3-12/h5H,2,4,6H2,1H3,(H,15,16). The zero-order valence-corrected chi connectivity index (χ0v) is 10.5. The van der Waals surface area contributed by atoms with Gasteiger partial charge in [0, 0.05) is 12.5 Å². The lowest BCUT2D eigenvalue weighted by molar-refractivity contribution is 0.0702. The van der Waals surface area contributed by atoms with Crippen molar-refractivity contribution in [2.45, 2.75) is 19.6 Å². The van der Waals surface area contributed by atoms with E-state index in [1.165, 1.54) is 11.3 Å². The first-order chi connectivity index (χ1) is 8.67. The summed E-state index contributed by atoms with van der Waals surface area (Å²) in [7, 11) is 1.56. The predicted molar refractivity (Wildman–Crippen MR) is 65.5 cm³/mol. The molecule has 0 fully saturated rings. The van der Waals surface area contributed by atoms with Crippen LogP contribution in [0.5, 0.6) is 0 Å². The van der Waals surface area contributed by atoms with E-state index in [1.54, 1.807) is 17.9 Å². The SMILES string of the molecule is COCc1nn(CCC#N)c2sc(C(=O)O)cc12. The van der Waals surface area contributed by atoms with Crippen LogP contribution in [0.4, 0.5) is 0 Å². The van der Waals surface area contributed by atoms with Crippen LogP contribution >= 0.6 is 11.3 Å². The lowest BCUT2D eigenvalue weighted by Crippen LogP contribution is -2.00. The molecule has 0 bridgehead atoms. The number of aromatic carboxylic acids is 1. The number of ether oxygens (including phenoxy) is 1. The number of aryl methyl sites for hydroxylation is 1. The number of aromatic nitrogens is 2. The van der Waals surface area contributed by atoms with Gasteiger partial charge in [0.1, 0.15) is 9.71 Å². The third-order valence-electron chi connectivity index (χ3n) is 2.43. The Hall–Kier alpha value is -1.91. The first-order valence-electron chi connectivity index (χ1n) is 5.25. The minimum Gasteiger partial charge on any atom is -0.477 e. The highest BCUT2D eigenvalue weighted by atomic mass is 32.1. The lowest BCUT2D eigenvalue weighted by Gasteiger charge is -1.97. The van der Waals surface area contributed by atoms with Crippen LogP contribution in [0.2, 0.25) is 0 Å². The highest BCUT2D eigenvalue weighted by Gasteiger charge is 2.17. The van der Waals surface area contributed by atoms with E-state index >= 15 is 0 Å². The van der Waals surface area contributed by atoms with Gasteiger partial charge in [0.25, 0.3) is 0 Å². The fourth-order valence-corrected chi connectivity index (χ4v) is 2.68. The van der Waals surface area contributed by atoms with Crippen molar-refractivity contribution >= 4 is 27.5 Å². The number of hydrogen-bond acceptors (Lipinski definition) is 5. The van der Waals surface area contributed by atoms with Crippen molar-refractivity contribution in [3.63, 3.8) is 0 Å². The monoisotopic (exact) mass is 265 g/mol. The normalized spacial score (nSPS) is 10.7. The number of carbonyl (C=O) groups is 1. The molecule has 0 aliphatic heterocycles. The highest BCUT2D eigenvalue weighted by molar-refractivity contribution is 7.20. The second kappa shape index (κ2) is 5.16. The van der Waals surface area contributed by atoms with E-state index in [0.717, 1.165) is 10.2 Å². The Balaban J connectivity index is 2.49. The summed E-state index contributed by atoms with van der Waals surface area (Å²) in [5, 5.41) is 22.7. The van der Waals surface area contributed by atoms with Gasteiger partial charge in [-0.3, -0.25) is 4.68 Å². The minimum atomic E-state index is -0.952. The summed E-state index contributed by atoms with van der Waals surface area (Å²) in [5.41, 5.74) is 0.703. The molecule has 18 heavy (non-hydrogen) atoms. The summed E-state index contributed by atoms with van der Waals surface area (Å²) in [6, 6.07) is 3.65.